The Balaban J connectivity index is 1.77. The molecular formula is C16H16F2N4O2. The number of halogens is 2. The number of benzene rings is 1. The number of aryl methyl sites for hydroxylation is 1. The number of nitrogens with one attached hydrogen (secondary N) is 2. The lowest BCUT2D eigenvalue weighted by atomic mass is 10.1. The molecule has 126 valence electrons. The van der Waals surface area contributed by atoms with Crippen LogP contribution in [0.3, 0.4) is 0 Å². The van der Waals surface area contributed by atoms with Crippen LogP contribution in [0, 0.1) is 0 Å². The number of rotatable bonds is 4. The van der Waals surface area contributed by atoms with Crippen LogP contribution < -0.4 is 10.6 Å². The molecule has 0 bridgehead atoms. The van der Waals surface area contributed by atoms with Gasteiger partial charge in [-0.25, -0.2) is 8.78 Å². The minimum atomic E-state index is -2.59. The molecule has 2 amide bonds. The minimum Gasteiger partial charge on any atom is -0.326 e. The first kappa shape index (κ1) is 16.1. The van der Waals surface area contributed by atoms with Crippen molar-refractivity contribution in [3.8, 4) is 0 Å². The van der Waals surface area contributed by atoms with Crippen LogP contribution in [0.5, 0.6) is 0 Å². The fourth-order valence-corrected chi connectivity index (χ4v) is 2.65. The lowest BCUT2D eigenvalue weighted by Gasteiger charge is -2.11. The van der Waals surface area contributed by atoms with Crippen LogP contribution in [0.2, 0.25) is 0 Å². The van der Waals surface area contributed by atoms with Gasteiger partial charge in [0.15, 0.2) is 0 Å². The predicted octanol–water partition coefficient (Wildman–Crippen LogP) is 2.68. The highest BCUT2D eigenvalue weighted by atomic mass is 19.3. The minimum absolute atomic E-state index is 0.0264. The number of aromatic nitrogens is 2. The summed E-state index contributed by atoms with van der Waals surface area (Å²) < 4.78 is 26.0. The summed E-state index contributed by atoms with van der Waals surface area (Å²) in [6, 6.07) is 6.56. The second kappa shape index (κ2) is 6.77. The van der Waals surface area contributed by atoms with E-state index < -0.39 is 18.9 Å². The van der Waals surface area contributed by atoms with Gasteiger partial charge in [0, 0.05) is 24.0 Å². The molecule has 8 heteroatoms. The van der Waals surface area contributed by atoms with Crippen molar-refractivity contribution < 1.29 is 18.4 Å². The van der Waals surface area contributed by atoms with Gasteiger partial charge in [0.25, 0.3) is 12.3 Å². The Morgan fingerprint density at radius 3 is 2.96 bits per heavy atom. The lowest BCUT2D eigenvalue weighted by molar-refractivity contribution is -0.116. The van der Waals surface area contributed by atoms with Crippen LogP contribution in [0.1, 0.15) is 28.9 Å². The van der Waals surface area contributed by atoms with Gasteiger partial charge in [-0.1, -0.05) is 0 Å². The number of hydrogen-bond acceptors (Lipinski definition) is 3. The summed E-state index contributed by atoms with van der Waals surface area (Å²) in [5.74, 6) is -0.535. The van der Waals surface area contributed by atoms with Crippen molar-refractivity contribution in [3.05, 3.63) is 41.7 Å². The fraction of sp³-hybridized carbons (Fsp3) is 0.312. The van der Waals surface area contributed by atoms with Gasteiger partial charge in [0.05, 0.1) is 0 Å². The first-order chi connectivity index (χ1) is 11.5. The number of amides is 2. The van der Waals surface area contributed by atoms with Gasteiger partial charge in [-0.15, -0.1) is 0 Å². The predicted molar refractivity (Wildman–Crippen MR) is 84.2 cm³/mol. The maximum absolute atomic E-state index is 12.5. The average molecular weight is 334 g/mol. The number of carbonyl (C=O) groups is 2. The van der Waals surface area contributed by atoms with E-state index in [4.69, 9.17) is 0 Å². The van der Waals surface area contributed by atoms with Crippen molar-refractivity contribution in [2.24, 2.45) is 0 Å². The van der Waals surface area contributed by atoms with E-state index >= 15 is 0 Å². The van der Waals surface area contributed by atoms with Crippen molar-refractivity contribution in [1.82, 2.24) is 9.78 Å². The molecular weight excluding hydrogens is 318 g/mol. The van der Waals surface area contributed by atoms with E-state index in [9.17, 15) is 18.4 Å². The molecule has 6 nitrogen and oxygen atoms in total. The second-order valence-corrected chi connectivity index (χ2v) is 5.52. The third-order valence-electron chi connectivity index (χ3n) is 3.75. The normalized spacial score (nSPS) is 14.0. The van der Waals surface area contributed by atoms with Crippen molar-refractivity contribution >= 4 is 23.2 Å². The molecule has 0 saturated heterocycles. The topological polar surface area (TPSA) is 76.0 Å². The summed E-state index contributed by atoms with van der Waals surface area (Å²) in [6.45, 7) is -0.633. The summed E-state index contributed by atoms with van der Waals surface area (Å²) >= 11 is 0. The highest BCUT2D eigenvalue weighted by molar-refractivity contribution is 6.03. The highest BCUT2D eigenvalue weighted by Gasteiger charge is 2.17. The van der Waals surface area contributed by atoms with Gasteiger partial charge >= 0.3 is 0 Å². The van der Waals surface area contributed by atoms with Gasteiger partial charge in [-0.2, -0.15) is 5.10 Å². The van der Waals surface area contributed by atoms with Gasteiger partial charge in [-0.05, 0) is 42.7 Å². The van der Waals surface area contributed by atoms with E-state index in [-0.39, 0.29) is 11.6 Å². The van der Waals surface area contributed by atoms with E-state index in [2.05, 4.69) is 15.7 Å². The standard InChI is InChI=1S/C16H16F2N4O2/c17-14(18)9-22-13(6-7-19-22)16(24)20-11-4-5-12-10(8-11)2-1-3-15(23)21-12/h4-8,14H,1-3,9H2,(H,20,24)(H,21,23). The van der Waals surface area contributed by atoms with Gasteiger partial charge < -0.3 is 10.6 Å². The van der Waals surface area contributed by atoms with E-state index in [1.165, 1.54) is 12.3 Å². The molecule has 1 aliphatic rings. The van der Waals surface area contributed by atoms with Crippen LogP contribution in [0.4, 0.5) is 20.2 Å². The van der Waals surface area contributed by atoms with Crippen LogP contribution in [0.15, 0.2) is 30.5 Å². The van der Waals surface area contributed by atoms with Crippen molar-refractivity contribution in [2.75, 3.05) is 10.6 Å². The van der Waals surface area contributed by atoms with E-state index in [0.29, 0.717) is 12.1 Å². The van der Waals surface area contributed by atoms with Crippen molar-refractivity contribution in [3.63, 3.8) is 0 Å². The van der Waals surface area contributed by atoms with Gasteiger partial charge in [-0.3, -0.25) is 14.3 Å². The molecule has 1 aromatic carbocycles. The molecule has 2 aromatic rings. The first-order valence-corrected chi connectivity index (χ1v) is 7.57. The quantitative estimate of drug-likeness (QED) is 0.902. The van der Waals surface area contributed by atoms with E-state index in [1.807, 2.05) is 0 Å². The third kappa shape index (κ3) is 3.58. The summed E-state index contributed by atoms with van der Waals surface area (Å²) in [5, 5.41) is 9.23. The average Bonchev–Trinajstić information content (AvgIpc) is 2.88. The first-order valence-electron chi connectivity index (χ1n) is 7.57. The van der Waals surface area contributed by atoms with Crippen LogP contribution >= 0.6 is 0 Å². The number of carbonyl (C=O) groups excluding carboxylic acids is 2. The maximum atomic E-state index is 12.5. The molecule has 1 aromatic heterocycles. The van der Waals surface area contributed by atoms with Crippen LogP contribution in [-0.2, 0) is 17.8 Å². The maximum Gasteiger partial charge on any atom is 0.273 e. The van der Waals surface area contributed by atoms with Crippen LogP contribution in [-0.4, -0.2) is 28.0 Å². The molecule has 3 rings (SSSR count). The second-order valence-electron chi connectivity index (χ2n) is 5.52. The number of fused-ring (bicyclic) bond motifs is 1. The Labute approximate surface area is 136 Å². The number of hydrogen-bond donors (Lipinski definition) is 2. The van der Waals surface area contributed by atoms with Gasteiger partial charge in [0.1, 0.15) is 12.2 Å². The highest BCUT2D eigenvalue weighted by Crippen LogP contribution is 2.25. The molecule has 0 aliphatic carbocycles. The molecule has 24 heavy (non-hydrogen) atoms. The Bertz CT molecular complexity index is 773. The molecule has 0 spiro atoms. The Hall–Kier alpha value is -2.77. The molecule has 0 radical (unpaired) electrons. The van der Waals surface area contributed by atoms with Crippen LogP contribution in [0.25, 0.3) is 0 Å². The van der Waals surface area contributed by atoms with Gasteiger partial charge in [0.2, 0.25) is 5.91 Å². The number of alkyl halides is 2. The van der Waals surface area contributed by atoms with E-state index in [0.717, 1.165) is 28.8 Å². The summed E-state index contributed by atoms with van der Waals surface area (Å²) in [6.07, 6.45) is 0.637. The molecule has 0 saturated carbocycles. The molecule has 0 atom stereocenters. The Morgan fingerprint density at radius 1 is 1.33 bits per heavy atom. The smallest absolute Gasteiger partial charge is 0.273 e. The Morgan fingerprint density at radius 2 is 2.17 bits per heavy atom. The summed E-state index contributed by atoms with van der Waals surface area (Å²) in [5.41, 5.74) is 2.27. The molecule has 0 unspecified atom stereocenters. The lowest BCUT2D eigenvalue weighted by Crippen LogP contribution is -2.20. The zero-order valence-corrected chi connectivity index (χ0v) is 12.8. The van der Waals surface area contributed by atoms with E-state index in [1.54, 1.807) is 18.2 Å². The molecule has 0 fully saturated rings. The summed E-state index contributed by atoms with van der Waals surface area (Å²) in [4.78, 5) is 23.8. The molecule has 2 N–H and O–H groups in total. The monoisotopic (exact) mass is 334 g/mol. The Kier molecular flexibility index (Phi) is 4.54. The van der Waals surface area contributed by atoms with Crippen molar-refractivity contribution in [1.29, 1.82) is 0 Å². The molecule has 1 aliphatic heterocycles. The zero-order valence-electron chi connectivity index (χ0n) is 12.8. The zero-order chi connectivity index (χ0) is 17.1. The van der Waals surface area contributed by atoms with Crippen molar-refractivity contribution in [2.45, 2.75) is 32.2 Å². The third-order valence-corrected chi connectivity index (χ3v) is 3.75. The fourth-order valence-electron chi connectivity index (χ4n) is 2.65. The summed E-state index contributed by atoms with van der Waals surface area (Å²) in [7, 11) is 0. The SMILES string of the molecule is O=C1CCCc2cc(NC(=O)c3ccnn3CC(F)F)ccc2N1. The number of anilines is 2. The molecule has 2 heterocycles. The number of nitrogens with zero attached hydrogens (tertiary/aromatic N) is 2. The largest absolute Gasteiger partial charge is 0.326 e.